The van der Waals surface area contributed by atoms with Crippen LogP contribution in [0.1, 0.15) is 34.5 Å². The fraction of sp³-hybridized carbons (Fsp3) is 0.182. The second-order valence-electron chi connectivity index (χ2n) is 7.02. The molecule has 3 aromatic rings. The molecule has 4 rings (SSSR count). The van der Waals surface area contributed by atoms with E-state index in [1.54, 1.807) is 42.7 Å². The summed E-state index contributed by atoms with van der Waals surface area (Å²) in [4.78, 5) is 16.6. The van der Waals surface area contributed by atoms with E-state index in [-0.39, 0.29) is 35.7 Å². The van der Waals surface area contributed by atoms with Gasteiger partial charge < -0.3 is 14.8 Å². The van der Waals surface area contributed by atoms with Crippen LogP contribution < -0.4 is 19.5 Å². The number of carbonyl (C=O) groups excluding carboxylic acids is 1. The zero-order valence-electron chi connectivity index (χ0n) is 16.7. The molecule has 0 fully saturated rings. The van der Waals surface area contributed by atoms with E-state index in [0.29, 0.717) is 11.5 Å². The van der Waals surface area contributed by atoms with E-state index in [1.807, 2.05) is 19.1 Å². The predicted octanol–water partition coefficient (Wildman–Crippen LogP) is 2.78. The lowest BCUT2D eigenvalue weighted by Crippen LogP contribution is -2.27. The maximum atomic E-state index is 12.8. The second-order valence-corrected chi connectivity index (χ2v) is 8.78. The number of sulfonamides is 1. The van der Waals surface area contributed by atoms with E-state index in [9.17, 15) is 13.2 Å². The molecular formula is C22H21N3O5S. The molecule has 9 heteroatoms. The van der Waals surface area contributed by atoms with Crippen LogP contribution in [0.4, 0.5) is 0 Å². The summed E-state index contributed by atoms with van der Waals surface area (Å²) in [5.74, 6) is 0.849. The highest BCUT2D eigenvalue weighted by atomic mass is 32.2. The van der Waals surface area contributed by atoms with Gasteiger partial charge in [-0.3, -0.25) is 9.78 Å². The number of benzene rings is 2. The smallest absolute Gasteiger partial charge is 0.251 e. The minimum atomic E-state index is -3.82. The largest absolute Gasteiger partial charge is 0.454 e. The molecule has 0 saturated carbocycles. The Labute approximate surface area is 180 Å². The first kappa shape index (κ1) is 20.8. The zero-order chi connectivity index (χ0) is 21.8. The summed E-state index contributed by atoms with van der Waals surface area (Å²) < 4.78 is 38.6. The van der Waals surface area contributed by atoms with E-state index in [4.69, 9.17) is 9.47 Å². The summed E-state index contributed by atoms with van der Waals surface area (Å²) in [5.41, 5.74) is 1.89. The highest BCUT2D eigenvalue weighted by Crippen LogP contribution is 2.32. The molecule has 31 heavy (non-hydrogen) atoms. The van der Waals surface area contributed by atoms with Crippen LogP contribution in [0.3, 0.4) is 0 Å². The number of carbonyl (C=O) groups is 1. The molecule has 2 aromatic carbocycles. The summed E-state index contributed by atoms with van der Waals surface area (Å²) in [6, 6.07) is 14.5. The van der Waals surface area contributed by atoms with E-state index >= 15 is 0 Å². The first-order chi connectivity index (χ1) is 14.9. The molecule has 0 radical (unpaired) electrons. The van der Waals surface area contributed by atoms with Crippen molar-refractivity contribution in [3.8, 4) is 11.5 Å². The van der Waals surface area contributed by atoms with Crippen LogP contribution in [0, 0.1) is 0 Å². The van der Waals surface area contributed by atoms with Crippen LogP contribution in [0.5, 0.6) is 11.5 Å². The van der Waals surface area contributed by atoms with E-state index < -0.39 is 10.0 Å². The number of ether oxygens (including phenoxy) is 2. The normalized spacial score (nSPS) is 13.6. The third kappa shape index (κ3) is 4.84. The minimum Gasteiger partial charge on any atom is -0.454 e. The predicted molar refractivity (Wildman–Crippen MR) is 113 cm³/mol. The highest BCUT2D eigenvalue weighted by molar-refractivity contribution is 7.89. The van der Waals surface area contributed by atoms with Crippen molar-refractivity contribution in [1.82, 2.24) is 15.0 Å². The maximum absolute atomic E-state index is 12.8. The lowest BCUT2D eigenvalue weighted by molar-refractivity contribution is 0.0939. The highest BCUT2D eigenvalue weighted by Gasteiger charge is 2.19. The van der Waals surface area contributed by atoms with Gasteiger partial charge in [-0.15, -0.1) is 0 Å². The molecular weight excluding hydrogens is 418 g/mol. The molecule has 0 aliphatic carbocycles. The SMILES string of the molecule is CC(NC(=O)c1cccc(S(=O)(=O)NCc2ccc3c(c2)OCO3)c1)c1ccncc1. The van der Waals surface area contributed by atoms with Gasteiger partial charge in [-0.05, 0) is 60.5 Å². The minimum absolute atomic E-state index is 0.0115. The van der Waals surface area contributed by atoms with Gasteiger partial charge in [0, 0.05) is 24.5 Å². The molecule has 160 valence electrons. The summed E-state index contributed by atoms with van der Waals surface area (Å²) in [5, 5.41) is 2.87. The van der Waals surface area contributed by atoms with Crippen LogP contribution in [-0.4, -0.2) is 26.1 Å². The molecule has 1 amide bonds. The molecule has 0 saturated heterocycles. The molecule has 2 heterocycles. The van der Waals surface area contributed by atoms with Crippen molar-refractivity contribution in [1.29, 1.82) is 0 Å². The number of hydrogen-bond acceptors (Lipinski definition) is 6. The van der Waals surface area contributed by atoms with Gasteiger partial charge in [-0.1, -0.05) is 12.1 Å². The van der Waals surface area contributed by atoms with Gasteiger partial charge in [-0.25, -0.2) is 13.1 Å². The zero-order valence-corrected chi connectivity index (χ0v) is 17.6. The van der Waals surface area contributed by atoms with Crippen molar-refractivity contribution in [2.24, 2.45) is 0 Å². The number of pyridine rings is 1. The monoisotopic (exact) mass is 439 g/mol. The molecule has 0 bridgehead atoms. The number of hydrogen-bond donors (Lipinski definition) is 2. The average Bonchev–Trinajstić information content (AvgIpc) is 3.26. The summed E-state index contributed by atoms with van der Waals surface area (Å²) in [7, 11) is -3.82. The first-order valence-electron chi connectivity index (χ1n) is 9.61. The van der Waals surface area contributed by atoms with Crippen molar-refractivity contribution < 1.29 is 22.7 Å². The Bertz CT molecular complexity index is 1200. The molecule has 1 aliphatic heterocycles. The summed E-state index contributed by atoms with van der Waals surface area (Å²) in [6.45, 7) is 2.08. The van der Waals surface area contributed by atoms with Gasteiger partial charge >= 0.3 is 0 Å². The topological polar surface area (TPSA) is 107 Å². The average molecular weight is 439 g/mol. The fourth-order valence-corrected chi connectivity index (χ4v) is 4.20. The third-order valence-corrected chi connectivity index (χ3v) is 6.26. The van der Waals surface area contributed by atoms with E-state index in [2.05, 4.69) is 15.0 Å². The third-order valence-electron chi connectivity index (χ3n) is 4.86. The Balaban J connectivity index is 1.44. The molecule has 1 unspecified atom stereocenters. The molecule has 1 aliphatic rings. The van der Waals surface area contributed by atoms with Crippen molar-refractivity contribution in [2.75, 3.05) is 6.79 Å². The van der Waals surface area contributed by atoms with Crippen LogP contribution in [0.2, 0.25) is 0 Å². The molecule has 2 N–H and O–H groups in total. The fourth-order valence-electron chi connectivity index (χ4n) is 3.13. The maximum Gasteiger partial charge on any atom is 0.251 e. The Morgan fingerprint density at radius 1 is 1.06 bits per heavy atom. The van der Waals surface area contributed by atoms with Crippen molar-refractivity contribution >= 4 is 15.9 Å². The summed E-state index contributed by atoms with van der Waals surface area (Å²) >= 11 is 0. The van der Waals surface area contributed by atoms with Crippen LogP contribution in [0.15, 0.2) is 71.9 Å². The van der Waals surface area contributed by atoms with E-state index in [0.717, 1.165) is 11.1 Å². The van der Waals surface area contributed by atoms with Gasteiger partial charge in [0.15, 0.2) is 11.5 Å². The van der Waals surface area contributed by atoms with Gasteiger partial charge in [0.1, 0.15) is 0 Å². The molecule has 8 nitrogen and oxygen atoms in total. The number of rotatable bonds is 7. The Kier molecular flexibility index (Phi) is 5.88. The number of amides is 1. The van der Waals surface area contributed by atoms with Gasteiger partial charge in [0.05, 0.1) is 10.9 Å². The molecule has 0 spiro atoms. The number of fused-ring (bicyclic) bond motifs is 1. The van der Waals surface area contributed by atoms with E-state index in [1.165, 1.54) is 12.1 Å². The second kappa shape index (κ2) is 8.75. The summed E-state index contributed by atoms with van der Waals surface area (Å²) in [6.07, 6.45) is 3.30. The quantitative estimate of drug-likeness (QED) is 0.586. The lowest BCUT2D eigenvalue weighted by Gasteiger charge is -2.14. The number of nitrogens with zero attached hydrogens (tertiary/aromatic N) is 1. The van der Waals surface area contributed by atoms with Crippen molar-refractivity contribution in [3.05, 3.63) is 83.7 Å². The Morgan fingerprint density at radius 2 is 1.84 bits per heavy atom. The number of aromatic nitrogens is 1. The lowest BCUT2D eigenvalue weighted by atomic mass is 10.1. The first-order valence-corrected chi connectivity index (χ1v) is 11.1. The Morgan fingerprint density at radius 3 is 2.65 bits per heavy atom. The van der Waals surface area contributed by atoms with Gasteiger partial charge in [-0.2, -0.15) is 0 Å². The van der Waals surface area contributed by atoms with Crippen molar-refractivity contribution in [2.45, 2.75) is 24.4 Å². The molecule has 1 aromatic heterocycles. The molecule has 1 atom stereocenters. The Hall–Kier alpha value is -3.43. The van der Waals surface area contributed by atoms with Crippen LogP contribution >= 0.6 is 0 Å². The van der Waals surface area contributed by atoms with Gasteiger partial charge in [0.25, 0.3) is 5.91 Å². The van der Waals surface area contributed by atoms with Crippen LogP contribution in [0.25, 0.3) is 0 Å². The number of nitrogens with one attached hydrogen (secondary N) is 2. The van der Waals surface area contributed by atoms with Crippen LogP contribution in [-0.2, 0) is 16.6 Å². The van der Waals surface area contributed by atoms with Gasteiger partial charge in [0.2, 0.25) is 16.8 Å². The standard InChI is InChI=1S/C22H21N3O5S/c1-15(17-7-9-23-10-8-17)25-22(26)18-3-2-4-19(12-18)31(27,28)24-13-16-5-6-20-21(11-16)30-14-29-20/h2-12,15,24H,13-14H2,1H3,(H,25,26). The van der Waals surface area contributed by atoms with Crippen molar-refractivity contribution in [3.63, 3.8) is 0 Å².